The van der Waals surface area contributed by atoms with Crippen LogP contribution in [0.4, 0.5) is 0 Å². The zero-order valence-electron chi connectivity index (χ0n) is 12.7. The zero-order valence-corrected chi connectivity index (χ0v) is 12.7. The minimum atomic E-state index is 0.135. The van der Waals surface area contributed by atoms with Gasteiger partial charge < -0.3 is 9.47 Å². The molecule has 0 radical (unpaired) electrons. The van der Waals surface area contributed by atoms with E-state index in [0.29, 0.717) is 12.0 Å². The van der Waals surface area contributed by atoms with Gasteiger partial charge in [-0.25, -0.2) is 0 Å². The number of benzene rings is 1. The van der Waals surface area contributed by atoms with Gasteiger partial charge in [0.2, 0.25) is 0 Å². The SMILES string of the molecule is CC(C)c1ccccc1OC1CCOC2(CCCC2)C1. The van der Waals surface area contributed by atoms with Crippen LogP contribution < -0.4 is 4.74 Å². The highest BCUT2D eigenvalue weighted by atomic mass is 16.5. The molecule has 2 aliphatic rings. The van der Waals surface area contributed by atoms with Gasteiger partial charge in [0.15, 0.2) is 0 Å². The minimum Gasteiger partial charge on any atom is -0.490 e. The largest absolute Gasteiger partial charge is 0.490 e. The first kappa shape index (κ1) is 13.9. The molecule has 1 aromatic carbocycles. The van der Waals surface area contributed by atoms with E-state index in [0.717, 1.165) is 25.2 Å². The summed E-state index contributed by atoms with van der Waals surface area (Å²) in [7, 11) is 0. The van der Waals surface area contributed by atoms with Crippen molar-refractivity contribution in [3.05, 3.63) is 29.8 Å². The van der Waals surface area contributed by atoms with Crippen LogP contribution in [-0.4, -0.2) is 18.3 Å². The maximum atomic E-state index is 6.35. The normalized spacial score (nSPS) is 25.2. The van der Waals surface area contributed by atoms with Gasteiger partial charge in [0, 0.05) is 12.8 Å². The lowest BCUT2D eigenvalue weighted by Gasteiger charge is -2.38. The van der Waals surface area contributed by atoms with Gasteiger partial charge in [-0.15, -0.1) is 0 Å². The third-order valence-electron chi connectivity index (χ3n) is 4.80. The Hall–Kier alpha value is -1.02. The summed E-state index contributed by atoms with van der Waals surface area (Å²) < 4.78 is 12.4. The van der Waals surface area contributed by atoms with E-state index in [9.17, 15) is 0 Å². The highest BCUT2D eigenvalue weighted by Crippen LogP contribution is 2.41. The van der Waals surface area contributed by atoms with E-state index in [4.69, 9.17) is 9.47 Å². The van der Waals surface area contributed by atoms with Crippen molar-refractivity contribution in [1.29, 1.82) is 0 Å². The molecule has 2 nitrogen and oxygen atoms in total. The van der Waals surface area contributed by atoms with Crippen LogP contribution in [0.25, 0.3) is 0 Å². The van der Waals surface area contributed by atoms with Crippen LogP contribution in [0.1, 0.15) is 63.9 Å². The van der Waals surface area contributed by atoms with Gasteiger partial charge in [-0.05, 0) is 30.4 Å². The molecule has 2 heteroatoms. The lowest BCUT2D eigenvalue weighted by molar-refractivity contribution is -0.108. The molecule has 1 unspecified atom stereocenters. The predicted molar refractivity (Wildman–Crippen MR) is 81.3 cm³/mol. The van der Waals surface area contributed by atoms with Crippen molar-refractivity contribution >= 4 is 0 Å². The Morgan fingerprint density at radius 2 is 1.95 bits per heavy atom. The van der Waals surface area contributed by atoms with Gasteiger partial charge in [0.25, 0.3) is 0 Å². The average molecular weight is 274 g/mol. The molecule has 1 aromatic rings. The first-order chi connectivity index (χ1) is 9.69. The monoisotopic (exact) mass is 274 g/mol. The van der Waals surface area contributed by atoms with Gasteiger partial charge in [0.1, 0.15) is 11.9 Å². The number of hydrogen-bond acceptors (Lipinski definition) is 2. The summed E-state index contributed by atoms with van der Waals surface area (Å²) in [6.07, 6.45) is 7.48. The number of rotatable bonds is 3. The molecule has 0 amide bonds. The Balaban J connectivity index is 1.71. The lowest BCUT2D eigenvalue weighted by atomic mass is 9.90. The van der Waals surface area contributed by atoms with Crippen molar-refractivity contribution in [3.63, 3.8) is 0 Å². The first-order valence-electron chi connectivity index (χ1n) is 8.08. The molecule has 3 rings (SSSR count). The average Bonchev–Trinajstić information content (AvgIpc) is 2.87. The molecule has 0 aromatic heterocycles. The highest BCUT2D eigenvalue weighted by molar-refractivity contribution is 5.35. The molecular weight excluding hydrogens is 248 g/mol. The van der Waals surface area contributed by atoms with E-state index < -0.39 is 0 Å². The van der Waals surface area contributed by atoms with Crippen molar-refractivity contribution in [2.45, 2.75) is 70.0 Å². The lowest BCUT2D eigenvalue weighted by Crippen LogP contribution is -2.41. The molecule has 1 saturated carbocycles. The fraction of sp³-hybridized carbons (Fsp3) is 0.667. The Morgan fingerprint density at radius 3 is 2.70 bits per heavy atom. The van der Waals surface area contributed by atoms with E-state index in [1.165, 1.54) is 31.2 Å². The van der Waals surface area contributed by atoms with Gasteiger partial charge in [-0.1, -0.05) is 44.9 Å². The highest BCUT2D eigenvalue weighted by Gasteiger charge is 2.40. The minimum absolute atomic E-state index is 0.135. The molecule has 0 N–H and O–H groups in total. The topological polar surface area (TPSA) is 18.5 Å². The van der Waals surface area contributed by atoms with E-state index >= 15 is 0 Å². The molecule has 20 heavy (non-hydrogen) atoms. The smallest absolute Gasteiger partial charge is 0.123 e. The molecule has 1 spiro atoms. The molecule has 110 valence electrons. The molecule has 1 aliphatic heterocycles. The predicted octanol–water partition coefficient (Wildman–Crippen LogP) is 4.68. The second-order valence-electron chi connectivity index (χ2n) is 6.66. The molecule has 1 atom stereocenters. The molecule has 0 bridgehead atoms. The number of para-hydroxylation sites is 1. The second kappa shape index (κ2) is 5.77. The number of ether oxygens (including phenoxy) is 2. The summed E-state index contributed by atoms with van der Waals surface area (Å²) in [5, 5.41) is 0. The molecule has 1 saturated heterocycles. The van der Waals surface area contributed by atoms with Crippen LogP contribution in [-0.2, 0) is 4.74 Å². The Morgan fingerprint density at radius 1 is 1.20 bits per heavy atom. The van der Waals surface area contributed by atoms with Crippen LogP contribution in [0.15, 0.2) is 24.3 Å². The van der Waals surface area contributed by atoms with Crippen molar-refractivity contribution in [2.75, 3.05) is 6.61 Å². The summed E-state index contributed by atoms with van der Waals surface area (Å²) in [5.74, 6) is 1.58. The maximum Gasteiger partial charge on any atom is 0.123 e. The van der Waals surface area contributed by atoms with Crippen LogP contribution in [0.3, 0.4) is 0 Å². The Labute approximate surface area is 122 Å². The first-order valence-corrected chi connectivity index (χ1v) is 8.08. The quantitative estimate of drug-likeness (QED) is 0.796. The summed E-state index contributed by atoms with van der Waals surface area (Å²) in [6, 6.07) is 8.48. The van der Waals surface area contributed by atoms with Crippen LogP contribution in [0.2, 0.25) is 0 Å². The van der Waals surface area contributed by atoms with E-state index in [-0.39, 0.29) is 5.60 Å². The van der Waals surface area contributed by atoms with Gasteiger partial charge in [-0.2, -0.15) is 0 Å². The van der Waals surface area contributed by atoms with Crippen LogP contribution in [0.5, 0.6) is 5.75 Å². The van der Waals surface area contributed by atoms with E-state index in [1.54, 1.807) is 0 Å². The standard InChI is InChI=1S/C18H26O2/c1-14(2)16-7-3-4-8-17(16)20-15-9-12-19-18(13-15)10-5-6-11-18/h3-4,7-8,14-15H,5-6,9-13H2,1-2H3. The summed E-state index contributed by atoms with van der Waals surface area (Å²) in [4.78, 5) is 0. The summed E-state index contributed by atoms with van der Waals surface area (Å²) >= 11 is 0. The Kier molecular flexibility index (Phi) is 4.02. The number of hydrogen-bond donors (Lipinski definition) is 0. The van der Waals surface area contributed by atoms with E-state index in [2.05, 4.69) is 38.1 Å². The van der Waals surface area contributed by atoms with Crippen molar-refractivity contribution in [3.8, 4) is 5.75 Å². The third-order valence-corrected chi connectivity index (χ3v) is 4.80. The zero-order chi connectivity index (χ0) is 14.0. The van der Waals surface area contributed by atoms with Gasteiger partial charge >= 0.3 is 0 Å². The fourth-order valence-electron chi connectivity index (χ4n) is 3.70. The van der Waals surface area contributed by atoms with Crippen molar-refractivity contribution < 1.29 is 9.47 Å². The van der Waals surface area contributed by atoms with Gasteiger partial charge in [-0.3, -0.25) is 0 Å². The van der Waals surface area contributed by atoms with Gasteiger partial charge in [0.05, 0.1) is 12.2 Å². The van der Waals surface area contributed by atoms with Crippen molar-refractivity contribution in [2.24, 2.45) is 0 Å². The van der Waals surface area contributed by atoms with E-state index in [1.807, 2.05) is 0 Å². The Bertz CT molecular complexity index is 446. The van der Waals surface area contributed by atoms with Crippen molar-refractivity contribution in [1.82, 2.24) is 0 Å². The van der Waals surface area contributed by atoms with Crippen LogP contribution >= 0.6 is 0 Å². The van der Waals surface area contributed by atoms with Crippen LogP contribution in [0, 0.1) is 0 Å². The molecule has 1 aliphatic carbocycles. The summed E-state index contributed by atoms with van der Waals surface area (Å²) in [6.45, 7) is 5.31. The molecule has 1 heterocycles. The molecular formula is C18H26O2. The maximum absolute atomic E-state index is 6.35. The summed E-state index contributed by atoms with van der Waals surface area (Å²) in [5.41, 5.74) is 1.45. The second-order valence-corrected chi connectivity index (χ2v) is 6.66. The third kappa shape index (κ3) is 2.85. The molecule has 2 fully saturated rings. The fourth-order valence-corrected chi connectivity index (χ4v) is 3.70.